The van der Waals surface area contributed by atoms with Gasteiger partial charge in [0.05, 0.1) is 20.5 Å². The summed E-state index contributed by atoms with van der Waals surface area (Å²) in [7, 11) is 0. The molecule has 110 valence electrons. The van der Waals surface area contributed by atoms with Crippen LogP contribution in [-0.4, -0.2) is 10.9 Å². The first kappa shape index (κ1) is 14.6. The molecule has 0 spiro atoms. The van der Waals surface area contributed by atoms with E-state index in [4.69, 9.17) is 27.9 Å². The average molecular weight is 336 g/mol. The van der Waals surface area contributed by atoms with Crippen molar-refractivity contribution in [1.82, 2.24) is 0 Å². The van der Waals surface area contributed by atoms with Crippen LogP contribution in [0, 0.1) is 10.1 Å². The van der Waals surface area contributed by atoms with Gasteiger partial charge in [-0.3, -0.25) is 10.1 Å². The highest BCUT2D eigenvalue weighted by Gasteiger charge is 2.27. The van der Waals surface area contributed by atoms with Gasteiger partial charge in [0.15, 0.2) is 0 Å². The van der Waals surface area contributed by atoms with Crippen molar-refractivity contribution in [3.63, 3.8) is 0 Å². The molecule has 3 rings (SSSR count). The molecule has 1 heterocycles. The van der Waals surface area contributed by atoms with Gasteiger partial charge in [-0.25, -0.2) is 4.79 Å². The van der Waals surface area contributed by atoms with Gasteiger partial charge in [0.1, 0.15) is 5.76 Å². The van der Waals surface area contributed by atoms with Gasteiger partial charge in [0.25, 0.3) is 5.69 Å². The molecule has 0 fully saturated rings. The van der Waals surface area contributed by atoms with E-state index in [0.29, 0.717) is 27.5 Å². The van der Waals surface area contributed by atoms with Crippen LogP contribution in [0.1, 0.15) is 21.5 Å². The molecule has 0 aliphatic carbocycles. The van der Waals surface area contributed by atoms with E-state index in [1.807, 2.05) is 0 Å². The summed E-state index contributed by atoms with van der Waals surface area (Å²) in [5.41, 5.74) is 1.52. The lowest BCUT2D eigenvalue weighted by Gasteiger charge is -2.01. The maximum absolute atomic E-state index is 11.8. The third kappa shape index (κ3) is 2.56. The van der Waals surface area contributed by atoms with Crippen LogP contribution in [0.25, 0.3) is 11.8 Å². The Labute approximate surface area is 134 Å². The van der Waals surface area contributed by atoms with Crippen molar-refractivity contribution in [1.29, 1.82) is 0 Å². The summed E-state index contributed by atoms with van der Waals surface area (Å²) in [5.74, 6) is -0.186. The van der Waals surface area contributed by atoms with Crippen LogP contribution in [0.4, 0.5) is 5.69 Å². The van der Waals surface area contributed by atoms with Crippen molar-refractivity contribution in [2.24, 2.45) is 0 Å². The number of ether oxygens (including phenoxy) is 1. The smallest absolute Gasteiger partial charge is 0.344 e. The Morgan fingerprint density at radius 1 is 1.05 bits per heavy atom. The fourth-order valence-electron chi connectivity index (χ4n) is 2.08. The Balaban J connectivity index is 2.02. The minimum Gasteiger partial charge on any atom is -0.422 e. The van der Waals surface area contributed by atoms with Gasteiger partial charge < -0.3 is 4.74 Å². The summed E-state index contributed by atoms with van der Waals surface area (Å²) in [6, 6.07) is 8.89. The molecule has 0 amide bonds. The molecule has 0 N–H and O–H groups in total. The predicted octanol–water partition coefficient (Wildman–Crippen LogP) is 4.57. The second-order valence-electron chi connectivity index (χ2n) is 4.56. The summed E-state index contributed by atoms with van der Waals surface area (Å²) in [6.07, 6.45) is 1.61. The number of hydrogen-bond donors (Lipinski definition) is 0. The predicted molar refractivity (Wildman–Crippen MR) is 82.8 cm³/mol. The Bertz CT molecular complexity index is 828. The number of hydrogen-bond acceptors (Lipinski definition) is 4. The molecule has 0 bridgehead atoms. The van der Waals surface area contributed by atoms with Crippen molar-refractivity contribution in [3.8, 4) is 0 Å². The molecule has 2 aromatic carbocycles. The number of cyclic esters (lactones) is 1. The highest BCUT2D eigenvalue weighted by molar-refractivity contribution is 6.42. The number of carbonyl (C=O) groups is 1. The summed E-state index contributed by atoms with van der Waals surface area (Å²) in [6.45, 7) is 0. The van der Waals surface area contributed by atoms with Gasteiger partial charge in [0.2, 0.25) is 0 Å². The number of nitro benzene ring substituents is 1. The summed E-state index contributed by atoms with van der Waals surface area (Å²) in [4.78, 5) is 22.0. The maximum Gasteiger partial charge on any atom is 0.344 e. The number of non-ortho nitro benzene ring substituents is 1. The average Bonchev–Trinajstić information content (AvgIpc) is 2.76. The maximum atomic E-state index is 11.8. The summed E-state index contributed by atoms with van der Waals surface area (Å²) < 4.78 is 5.19. The van der Waals surface area contributed by atoms with Crippen molar-refractivity contribution in [3.05, 3.63) is 73.2 Å². The van der Waals surface area contributed by atoms with Gasteiger partial charge in [-0.15, -0.1) is 0 Å². The van der Waals surface area contributed by atoms with E-state index in [9.17, 15) is 14.9 Å². The summed E-state index contributed by atoms with van der Waals surface area (Å²) >= 11 is 11.9. The Hall–Kier alpha value is -2.37. The lowest BCUT2D eigenvalue weighted by atomic mass is 10.1. The Morgan fingerprint density at radius 3 is 2.23 bits per heavy atom. The minimum absolute atomic E-state index is 0.0132. The fourth-order valence-corrected chi connectivity index (χ4v) is 2.41. The van der Waals surface area contributed by atoms with E-state index in [0.717, 1.165) is 0 Å². The monoisotopic (exact) mass is 335 g/mol. The van der Waals surface area contributed by atoms with Crippen molar-refractivity contribution in [2.45, 2.75) is 0 Å². The van der Waals surface area contributed by atoms with E-state index in [-0.39, 0.29) is 10.7 Å². The molecular formula is C15H7Cl2NO4. The quantitative estimate of drug-likeness (QED) is 0.458. The molecule has 0 atom stereocenters. The Kier molecular flexibility index (Phi) is 3.60. The zero-order valence-corrected chi connectivity index (χ0v) is 12.4. The standard InChI is InChI=1S/C15H7Cl2NO4/c16-12-6-10-11(7-13(12)17)15(19)22-14(10)5-8-1-3-9(4-2-8)18(20)21/h1-7H. The number of nitrogens with zero attached hydrogens (tertiary/aromatic N) is 1. The number of benzene rings is 2. The number of fused-ring (bicyclic) bond motifs is 1. The molecule has 2 aromatic rings. The van der Waals surface area contributed by atoms with E-state index in [1.165, 1.54) is 18.2 Å². The number of rotatable bonds is 2. The molecule has 22 heavy (non-hydrogen) atoms. The van der Waals surface area contributed by atoms with E-state index in [1.54, 1.807) is 24.3 Å². The SMILES string of the molecule is O=C1OC(=Cc2ccc([N+](=O)[O-])cc2)c2cc(Cl)c(Cl)cc21. The minimum atomic E-state index is -0.512. The van der Waals surface area contributed by atoms with E-state index >= 15 is 0 Å². The van der Waals surface area contributed by atoms with Crippen molar-refractivity contribution in [2.75, 3.05) is 0 Å². The van der Waals surface area contributed by atoms with Crippen LogP contribution in [-0.2, 0) is 4.74 Å². The van der Waals surface area contributed by atoms with Crippen LogP contribution < -0.4 is 0 Å². The van der Waals surface area contributed by atoms with Crippen LogP contribution in [0.15, 0.2) is 36.4 Å². The lowest BCUT2D eigenvalue weighted by Crippen LogP contribution is -1.93. The molecule has 0 saturated carbocycles. The zero-order chi connectivity index (χ0) is 15.9. The number of carbonyl (C=O) groups excluding carboxylic acids is 1. The first-order chi connectivity index (χ1) is 10.5. The molecule has 0 unspecified atom stereocenters. The van der Waals surface area contributed by atoms with Gasteiger partial charge in [-0.1, -0.05) is 23.2 Å². The molecule has 0 aromatic heterocycles. The third-order valence-electron chi connectivity index (χ3n) is 3.15. The largest absolute Gasteiger partial charge is 0.422 e. The molecule has 1 aliphatic heterocycles. The fraction of sp³-hybridized carbons (Fsp3) is 0. The van der Waals surface area contributed by atoms with Crippen LogP contribution in [0.2, 0.25) is 10.0 Å². The number of halogens is 2. The molecule has 0 saturated heterocycles. The van der Waals surface area contributed by atoms with Gasteiger partial charge in [0, 0.05) is 17.7 Å². The van der Waals surface area contributed by atoms with E-state index in [2.05, 4.69) is 0 Å². The second-order valence-corrected chi connectivity index (χ2v) is 5.37. The molecular weight excluding hydrogens is 329 g/mol. The van der Waals surface area contributed by atoms with Crippen molar-refractivity contribution >= 4 is 46.7 Å². The van der Waals surface area contributed by atoms with Gasteiger partial charge >= 0.3 is 5.97 Å². The van der Waals surface area contributed by atoms with Crippen LogP contribution in [0.3, 0.4) is 0 Å². The Morgan fingerprint density at radius 2 is 1.64 bits per heavy atom. The van der Waals surface area contributed by atoms with Crippen LogP contribution >= 0.6 is 23.2 Å². The first-order valence-corrected chi connectivity index (χ1v) is 6.89. The number of esters is 1. The molecule has 1 aliphatic rings. The lowest BCUT2D eigenvalue weighted by molar-refractivity contribution is -0.384. The normalized spacial score (nSPS) is 14.8. The topological polar surface area (TPSA) is 69.4 Å². The summed E-state index contributed by atoms with van der Waals surface area (Å²) in [5, 5.41) is 11.2. The van der Waals surface area contributed by atoms with Gasteiger partial charge in [-0.2, -0.15) is 0 Å². The molecule has 7 heteroatoms. The van der Waals surface area contributed by atoms with E-state index < -0.39 is 10.9 Å². The molecule has 5 nitrogen and oxygen atoms in total. The van der Waals surface area contributed by atoms with Gasteiger partial charge in [-0.05, 0) is 35.9 Å². The van der Waals surface area contributed by atoms with Crippen molar-refractivity contribution < 1.29 is 14.5 Å². The second kappa shape index (κ2) is 5.44. The zero-order valence-electron chi connectivity index (χ0n) is 10.9. The molecule has 0 radical (unpaired) electrons. The number of nitro groups is 1. The first-order valence-electron chi connectivity index (χ1n) is 6.13. The highest BCUT2D eigenvalue weighted by atomic mass is 35.5. The third-order valence-corrected chi connectivity index (χ3v) is 3.87. The van der Waals surface area contributed by atoms with Crippen LogP contribution in [0.5, 0.6) is 0 Å². The highest BCUT2D eigenvalue weighted by Crippen LogP contribution is 2.36.